The molecular weight excluding hydrogens is 250 g/mol. The van der Waals surface area contributed by atoms with Gasteiger partial charge in [-0.05, 0) is 25.7 Å². The highest BCUT2D eigenvalue weighted by Crippen LogP contribution is 2.00. The van der Waals surface area contributed by atoms with Crippen LogP contribution < -0.4 is 21.9 Å². The molecule has 0 aromatic rings. The van der Waals surface area contributed by atoms with Gasteiger partial charge in [0.1, 0.15) is 0 Å². The predicted octanol–water partition coefficient (Wildman–Crippen LogP) is -0.334. The molecule has 0 fully saturated rings. The first kappa shape index (κ1) is 17.8. The van der Waals surface area contributed by atoms with Gasteiger partial charge in [0.25, 0.3) is 0 Å². The fraction of sp³-hybridized carbons (Fsp3) is 1.00. The molecule has 15 heavy (non-hydrogen) atoms. The first-order valence-electron chi connectivity index (χ1n) is 6.62. The highest BCUT2D eigenvalue weighted by Gasteiger charge is 2.00. The van der Waals surface area contributed by atoms with Crippen molar-refractivity contribution in [3.63, 3.8) is 0 Å². The van der Waals surface area contributed by atoms with Crippen molar-refractivity contribution in [2.45, 2.75) is 65.2 Å². The number of quaternary nitrogens is 1. The van der Waals surface area contributed by atoms with Crippen molar-refractivity contribution in [1.29, 1.82) is 0 Å². The monoisotopic (exact) mass is 279 g/mol. The second kappa shape index (κ2) is 14.4. The van der Waals surface area contributed by atoms with Crippen molar-refractivity contribution in [2.24, 2.45) is 0 Å². The normalized spacial score (nSPS) is 12.2. The highest BCUT2D eigenvalue weighted by atomic mass is 79.9. The molecule has 0 aliphatic rings. The molecule has 0 saturated carbocycles. The first-order valence-corrected chi connectivity index (χ1v) is 6.62. The average molecular weight is 280 g/mol. The molecule has 0 aliphatic heterocycles. The maximum absolute atomic E-state index is 2.34. The summed E-state index contributed by atoms with van der Waals surface area (Å²) in [6.07, 6.45) is 11.3. The molecule has 0 bridgehead atoms. The topological polar surface area (TPSA) is 4.44 Å². The highest BCUT2D eigenvalue weighted by molar-refractivity contribution is 4.41. The van der Waals surface area contributed by atoms with Crippen LogP contribution in [0, 0.1) is 0 Å². The van der Waals surface area contributed by atoms with Crippen LogP contribution in [0.15, 0.2) is 0 Å². The lowest BCUT2D eigenvalue weighted by atomic mass is 10.1. The minimum atomic E-state index is 0. The summed E-state index contributed by atoms with van der Waals surface area (Å²) in [5.41, 5.74) is 0. The number of nitrogens with one attached hydrogen (secondary N) is 1. The smallest absolute Gasteiger partial charge is 0.0768 e. The van der Waals surface area contributed by atoms with Crippen molar-refractivity contribution in [3.8, 4) is 0 Å². The first-order chi connectivity index (χ1) is 6.81. The maximum atomic E-state index is 2.34. The van der Waals surface area contributed by atoms with Crippen LogP contribution in [0.5, 0.6) is 0 Å². The molecule has 0 heterocycles. The molecule has 0 spiro atoms. The van der Waals surface area contributed by atoms with E-state index in [9.17, 15) is 0 Å². The third-order valence-electron chi connectivity index (χ3n) is 2.91. The van der Waals surface area contributed by atoms with Gasteiger partial charge in [-0.25, -0.2) is 0 Å². The van der Waals surface area contributed by atoms with E-state index in [1.54, 1.807) is 4.90 Å². The van der Waals surface area contributed by atoms with E-state index in [2.05, 4.69) is 20.9 Å². The van der Waals surface area contributed by atoms with Gasteiger partial charge in [0.15, 0.2) is 0 Å². The second-order valence-electron chi connectivity index (χ2n) is 4.58. The largest absolute Gasteiger partial charge is 1.00 e. The molecule has 0 aliphatic carbocycles. The second-order valence-corrected chi connectivity index (χ2v) is 4.58. The molecule has 0 aromatic heterocycles. The van der Waals surface area contributed by atoms with Crippen molar-refractivity contribution < 1.29 is 21.9 Å². The summed E-state index contributed by atoms with van der Waals surface area (Å²) in [5.74, 6) is 0. The number of halogens is 1. The van der Waals surface area contributed by atoms with Gasteiger partial charge in [0.2, 0.25) is 0 Å². The summed E-state index contributed by atoms with van der Waals surface area (Å²) in [7, 11) is 2.34. The van der Waals surface area contributed by atoms with Gasteiger partial charge in [0.05, 0.1) is 20.1 Å². The Morgan fingerprint density at radius 1 is 0.667 bits per heavy atom. The van der Waals surface area contributed by atoms with Gasteiger partial charge < -0.3 is 21.9 Å². The quantitative estimate of drug-likeness (QED) is 0.523. The van der Waals surface area contributed by atoms with Gasteiger partial charge in [-0.2, -0.15) is 0 Å². The number of unbranched alkanes of at least 4 members (excludes halogenated alkanes) is 6. The molecule has 1 unspecified atom stereocenters. The third kappa shape index (κ3) is 14.4. The van der Waals surface area contributed by atoms with Gasteiger partial charge in [-0.3, -0.25) is 0 Å². The molecule has 0 saturated heterocycles. The molecule has 1 atom stereocenters. The summed E-state index contributed by atoms with van der Waals surface area (Å²) in [5, 5.41) is 0. The van der Waals surface area contributed by atoms with E-state index >= 15 is 0 Å². The predicted molar refractivity (Wildman–Crippen MR) is 64.9 cm³/mol. The van der Waals surface area contributed by atoms with Crippen molar-refractivity contribution in [2.75, 3.05) is 20.1 Å². The minimum absolute atomic E-state index is 0. The zero-order valence-electron chi connectivity index (χ0n) is 10.9. The Hall–Kier alpha value is 0.440. The van der Waals surface area contributed by atoms with E-state index in [0.29, 0.717) is 0 Å². The fourth-order valence-corrected chi connectivity index (χ4v) is 1.83. The summed E-state index contributed by atoms with van der Waals surface area (Å²) < 4.78 is 0. The summed E-state index contributed by atoms with van der Waals surface area (Å²) in [4.78, 5) is 1.73. The molecule has 0 aromatic carbocycles. The zero-order chi connectivity index (χ0) is 10.6. The van der Waals surface area contributed by atoms with Gasteiger partial charge in [-0.1, -0.05) is 39.5 Å². The number of hydrogen-bond donors (Lipinski definition) is 1. The molecule has 1 N–H and O–H groups in total. The van der Waals surface area contributed by atoms with Crippen LogP contribution in [-0.2, 0) is 0 Å². The molecule has 0 radical (unpaired) electrons. The van der Waals surface area contributed by atoms with Crippen molar-refractivity contribution in [3.05, 3.63) is 0 Å². The van der Waals surface area contributed by atoms with E-state index in [0.717, 1.165) is 0 Å². The van der Waals surface area contributed by atoms with E-state index in [4.69, 9.17) is 0 Å². The van der Waals surface area contributed by atoms with E-state index in [1.165, 1.54) is 64.5 Å². The third-order valence-corrected chi connectivity index (χ3v) is 2.91. The molecule has 94 valence electrons. The van der Waals surface area contributed by atoms with Crippen molar-refractivity contribution >= 4 is 0 Å². The molecule has 0 amide bonds. The van der Waals surface area contributed by atoms with Crippen molar-refractivity contribution in [1.82, 2.24) is 0 Å². The summed E-state index contributed by atoms with van der Waals surface area (Å²) >= 11 is 0. The van der Waals surface area contributed by atoms with Crippen LogP contribution in [0.1, 0.15) is 65.2 Å². The maximum Gasteiger partial charge on any atom is 0.0768 e. The Labute approximate surface area is 107 Å². The molecule has 1 nitrogen and oxygen atoms in total. The Kier molecular flexibility index (Phi) is 17.2. The summed E-state index contributed by atoms with van der Waals surface area (Å²) in [6.45, 7) is 7.32. The fourth-order valence-electron chi connectivity index (χ4n) is 1.83. The molecular formula is C13H30BrN. The lowest BCUT2D eigenvalue weighted by Crippen LogP contribution is -3.09. The molecule has 0 rings (SSSR count). The number of rotatable bonds is 10. The van der Waals surface area contributed by atoms with Gasteiger partial charge in [-0.15, -0.1) is 0 Å². The van der Waals surface area contributed by atoms with Crippen LogP contribution >= 0.6 is 0 Å². The van der Waals surface area contributed by atoms with Crippen LogP contribution in [0.4, 0.5) is 0 Å². The SMILES string of the molecule is CCCCCCC[NH+](C)CCCCC.[Br-]. The Bertz CT molecular complexity index is 107. The minimum Gasteiger partial charge on any atom is -1.00 e. The Morgan fingerprint density at radius 2 is 1.07 bits per heavy atom. The van der Waals surface area contributed by atoms with Crippen LogP contribution in [-0.4, -0.2) is 20.1 Å². The van der Waals surface area contributed by atoms with Gasteiger partial charge in [0, 0.05) is 0 Å². The molecule has 2 heteroatoms. The van der Waals surface area contributed by atoms with Crippen LogP contribution in [0.3, 0.4) is 0 Å². The zero-order valence-corrected chi connectivity index (χ0v) is 12.5. The summed E-state index contributed by atoms with van der Waals surface area (Å²) in [6, 6.07) is 0. The van der Waals surface area contributed by atoms with E-state index < -0.39 is 0 Å². The lowest BCUT2D eigenvalue weighted by molar-refractivity contribution is -0.880. The standard InChI is InChI=1S/C13H29N.BrH/c1-4-6-8-9-11-13-14(3)12-10-7-5-2;/h4-13H2,1-3H3;1H. The van der Waals surface area contributed by atoms with E-state index in [1.807, 2.05) is 0 Å². The van der Waals surface area contributed by atoms with Crippen LogP contribution in [0.2, 0.25) is 0 Å². The lowest BCUT2D eigenvalue weighted by Gasteiger charge is -2.13. The average Bonchev–Trinajstić information content (AvgIpc) is 2.18. The Balaban J connectivity index is 0. The van der Waals surface area contributed by atoms with Gasteiger partial charge >= 0.3 is 0 Å². The Morgan fingerprint density at radius 3 is 1.60 bits per heavy atom. The number of hydrogen-bond acceptors (Lipinski definition) is 0. The van der Waals surface area contributed by atoms with Crippen LogP contribution in [0.25, 0.3) is 0 Å². The van der Waals surface area contributed by atoms with E-state index in [-0.39, 0.29) is 17.0 Å².